The summed E-state index contributed by atoms with van der Waals surface area (Å²) in [6, 6.07) is 2.77. The predicted molar refractivity (Wildman–Crippen MR) is 95.3 cm³/mol. The first-order chi connectivity index (χ1) is 12.3. The normalized spacial score (nSPS) is 24.4. The number of amides is 2. The molecule has 26 heavy (non-hydrogen) atoms. The number of aliphatic hydroxyl groups excluding tert-OH is 2. The molecule has 2 unspecified atom stereocenters. The number of hydrogen-bond donors (Lipinski definition) is 3. The van der Waals surface area contributed by atoms with Crippen molar-refractivity contribution in [3.63, 3.8) is 0 Å². The van der Waals surface area contributed by atoms with Gasteiger partial charge in [0.05, 0.1) is 23.2 Å². The second-order valence-corrected chi connectivity index (χ2v) is 7.46. The number of fused-ring (bicyclic) bond motifs is 1. The lowest BCUT2D eigenvalue weighted by atomic mass is 9.83. The lowest BCUT2D eigenvalue weighted by molar-refractivity contribution is -0.155. The van der Waals surface area contributed by atoms with Crippen LogP contribution in [0, 0.1) is 0 Å². The van der Waals surface area contributed by atoms with Crippen LogP contribution in [0.3, 0.4) is 0 Å². The molecule has 2 aliphatic heterocycles. The molecule has 3 rings (SSSR count). The maximum Gasteiger partial charge on any atom is 0.254 e. The largest absolute Gasteiger partial charge is 0.508 e. The van der Waals surface area contributed by atoms with Gasteiger partial charge in [-0.2, -0.15) is 0 Å². The lowest BCUT2D eigenvalue weighted by Gasteiger charge is -2.46. The van der Waals surface area contributed by atoms with E-state index in [-0.39, 0.29) is 36.7 Å². The van der Waals surface area contributed by atoms with E-state index in [4.69, 9.17) is 28.3 Å². The summed E-state index contributed by atoms with van der Waals surface area (Å²) in [6.07, 6.45) is -0.387. The van der Waals surface area contributed by atoms with Gasteiger partial charge in [-0.15, -0.1) is 0 Å². The summed E-state index contributed by atoms with van der Waals surface area (Å²) in [7, 11) is 0. The van der Waals surface area contributed by atoms with E-state index in [0.717, 1.165) is 0 Å². The lowest BCUT2D eigenvalue weighted by Crippen LogP contribution is -2.61. The van der Waals surface area contributed by atoms with Crippen molar-refractivity contribution in [2.75, 3.05) is 26.2 Å². The van der Waals surface area contributed by atoms with Crippen LogP contribution in [-0.4, -0.2) is 75.3 Å². The summed E-state index contributed by atoms with van der Waals surface area (Å²) in [5.41, 5.74) is 0.560. The fourth-order valence-corrected chi connectivity index (χ4v) is 4.27. The summed E-state index contributed by atoms with van der Waals surface area (Å²) >= 11 is 12.3. The van der Waals surface area contributed by atoms with Gasteiger partial charge in [-0.25, -0.2) is 0 Å². The molecule has 1 aromatic carbocycles. The Morgan fingerprint density at radius 2 is 2.08 bits per heavy atom. The minimum absolute atomic E-state index is 0.0589. The van der Waals surface area contributed by atoms with Crippen molar-refractivity contribution < 1.29 is 24.9 Å². The number of aromatic hydroxyl groups is 1. The molecule has 9 heteroatoms. The Labute approximate surface area is 160 Å². The number of carbonyl (C=O) groups is 2. The third-order valence-corrected chi connectivity index (χ3v) is 5.90. The van der Waals surface area contributed by atoms with Crippen molar-refractivity contribution in [2.45, 2.75) is 30.9 Å². The number of hydrogen-bond acceptors (Lipinski definition) is 5. The van der Waals surface area contributed by atoms with Crippen molar-refractivity contribution in [1.29, 1.82) is 0 Å². The molecule has 2 aliphatic rings. The molecule has 2 fully saturated rings. The quantitative estimate of drug-likeness (QED) is 0.698. The number of halogens is 2. The highest BCUT2D eigenvalue weighted by Gasteiger charge is 2.41. The van der Waals surface area contributed by atoms with Crippen LogP contribution >= 0.6 is 23.2 Å². The third kappa shape index (κ3) is 3.49. The first-order valence-electron chi connectivity index (χ1n) is 8.37. The second-order valence-electron chi connectivity index (χ2n) is 6.67. The molecule has 0 radical (unpaired) electrons. The number of piperidine rings is 1. The molecule has 0 saturated carbocycles. The van der Waals surface area contributed by atoms with Gasteiger partial charge in [0, 0.05) is 24.7 Å². The average Bonchev–Trinajstić information content (AvgIpc) is 2.63. The highest BCUT2D eigenvalue weighted by Crippen LogP contribution is 2.43. The fraction of sp³-hybridized carbons (Fsp3) is 0.529. The molecule has 142 valence electrons. The summed E-state index contributed by atoms with van der Waals surface area (Å²) in [5, 5.41) is 29.4. The summed E-state index contributed by atoms with van der Waals surface area (Å²) in [5.74, 6) is -0.900. The highest BCUT2D eigenvalue weighted by molar-refractivity contribution is 6.42. The van der Waals surface area contributed by atoms with Crippen molar-refractivity contribution >= 4 is 35.0 Å². The molecular formula is C17H20Cl2N2O5. The first-order valence-corrected chi connectivity index (χ1v) is 9.13. The standard InChI is InChI=1S/C17H20Cl2N2O5/c18-11-1-2-12(23)15(16(11)19)9-3-4-21-10(5-9)6-20(7-14(21)25)17(26)13(24)8-22/h1-2,9-10,13,22-24H,3-8H2/t9-,10?,13?/m0/s1. The number of piperazine rings is 1. The molecule has 3 atom stereocenters. The van der Waals surface area contributed by atoms with Crippen LogP contribution in [0.25, 0.3) is 0 Å². The Kier molecular flexibility index (Phi) is 5.62. The van der Waals surface area contributed by atoms with Gasteiger partial charge < -0.3 is 25.1 Å². The number of benzene rings is 1. The Morgan fingerprint density at radius 3 is 2.77 bits per heavy atom. The SMILES string of the molecule is O=C(C(O)CO)N1CC(=O)N2CC[C@H](c3c(O)ccc(Cl)c3Cl)CC2C1. The van der Waals surface area contributed by atoms with Gasteiger partial charge in [0.25, 0.3) is 5.91 Å². The topological polar surface area (TPSA) is 101 Å². The van der Waals surface area contributed by atoms with E-state index in [1.54, 1.807) is 4.90 Å². The zero-order valence-electron chi connectivity index (χ0n) is 13.9. The van der Waals surface area contributed by atoms with Crippen LogP contribution in [0.15, 0.2) is 12.1 Å². The van der Waals surface area contributed by atoms with Gasteiger partial charge in [0.1, 0.15) is 5.75 Å². The molecule has 0 spiro atoms. The molecule has 0 bridgehead atoms. The fourth-order valence-electron chi connectivity index (χ4n) is 3.79. The van der Waals surface area contributed by atoms with Crippen LogP contribution in [0.2, 0.25) is 10.0 Å². The minimum Gasteiger partial charge on any atom is -0.508 e. The van der Waals surface area contributed by atoms with Gasteiger partial charge in [0.15, 0.2) is 6.10 Å². The summed E-state index contributed by atoms with van der Waals surface area (Å²) < 4.78 is 0. The van der Waals surface area contributed by atoms with Crippen LogP contribution in [0.4, 0.5) is 0 Å². The molecular weight excluding hydrogens is 383 g/mol. The van der Waals surface area contributed by atoms with Crippen LogP contribution < -0.4 is 0 Å². The van der Waals surface area contributed by atoms with E-state index >= 15 is 0 Å². The molecule has 2 saturated heterocycles. The van der Waals surface area contributed by atoms with Crippen molar-refractivity contribution in [1.82, 2.24) is 9.80 Å². The van der Waals surface area contributed by atoms with E-state index in [1.807, 2.05) is 0 Å². The van der Waals surface area contributed by atoms with E-state index < -0.39 is 18.6 Å². The number of rotatable bonds is 3. The molecule has 1 aromatic rings. The molecule has 0 aromatic heterocycles. The van der Waals surface area contributed by atoms with E-state index in [1.165, 1.54) is 17.0 Å². The Bertz CT molecular complexity index is 729. The molecule has 2 amide bonds. The van der Waals surface area contributed by atoms with E-state index in [9.17, 15) is 19.8 Å². The Morgan fingerprint density at radius 1 is 1.35 bits per heavy atom. The van der Waals surface area contributed by atoms with E-state index in [2.05, 4.69) is 0 Å². The Hall–Kier alpha value is -1.54. The average molecular weight is 403 g/mol. The number of nitrogens with zero attached hydrogens (tertiary/aromatic N) is 2. The monoisotopic (exact) mass is 402 g/mol. The molecule has 7 nitrogen and oxygen atoms in total. The Balaban J connectivity index is 1.81. The predicted octanol–water partition coefficient (Wildman–Crippen LogP) is 0.969. The summed E-state index contributed by atoms with van der Waals surface area (Å²) in [4.78, 5) is 27.5. The van der Waals surface area contributed by atoms with Gasteiger partial charge in [-0.3, -0.25) is 9.59 Å². The van der Waals surface area contributed by atoms with Crippen LogP contribution in [-0.2, 0) is 9.59 Å². The first kappa shape index (κ1) is 19.2. The van der Waals surface area contributed by atoms with Gasteiger partial charge in [-0.05, 0) is 30.9 Å². The van der Waals surface area contributed by atoms with Gasteiger partial charge in [0.2, 0.25) is 5.91 Å². The number of phenolic OH excluding ortho intramolecular Hbond substituents is 1. The van der Waals surface area contributed by atoms with Crippen molar-refractivity contribution in [2.24, 2.45) is 0 Å². The molecule has 0 aliphatic carbocycles. The van der Waals surface area contributed by atoms with Crippen molar-refractivity contribution in [3.8, 4) is 5.75 Å². The van der Waals surface area contributed by atoms with Crippen molar-refractivity contribution in [3.05, 3.63) is 27.7 Å². The second kappa shape index (κ2) is 7.60. The van der Waals surface area contributed by atoms with Crippen LogP contribution in [0.5, 0.6) is 5.75 Å². The molecule has 2 heterocycles. The zero-order chi connectivity index (χ0) is 19.0. The smallest absolute Gasteiger partial charge is 0.254 e. The third-order valence-electron chi connectivity index (χ3n) is 5.08. The van der Waals surface area contributed by atoms with Crippen LogP contribution in [0.1, 0.15) is 24.3 Å². The van der Waals surface area contributed by atoms with Gasteiger partial charge >= 0.3 is 0 Å². The summed E-state index contributed by atoms with van der Waals surface area (Å²) in [6.45, 7) is -0.0507. The number of phenols is 1. The number of aliphatic hydroxyl groups is 2. The zero-order valence-corrected chi connectivity index (χ0v) is 15.4. The molecule has 3 N–H and O–H groups in total. The maximum absolute atomic E-state index is 12.4. The van der Waals surface area contributed by atoms with Gasteiger partial charge in [-0.1, -0.05) is 23.2 Å². The highest BCUT2D eigenvalue weighted by atomic mass is 35.5. The van der Waals surface area contributed by atoms with E-state index in [0.29, 0.717) is 35.0 Å². The number of carbonyl (C=O) groups excluding carboxylic acids is 2. The minimum atomic E-state index is -1.53. The maximum atomic E-state index is 12.4.